The van der Waals surface area contributed by atoms with Crippen molar-refractivity contribution >= 4 is 16.7 Å². The molecule has 1 aliphatic heterocycles. The molecule has 0 spiro atoms. The van der Waals surface area contributed by atoms with Crippen LogP contribution in [-0.2, 0) is 14.7 Å². The number of nitrogens with two attached hydrogens (primary N) is 3. The summed E-state index contributed by atoms with van der Waals surface area (Å²) in [6, 6.07) is 0. The topological polar surface area (TPSA) is 160 Å². The maximum atomic E-state index is 10.2. The van der Waals surface area contributed by atoms with E-state index in [2.05, 4.69) is 9.28 Å². The van der Waals surface area contributed by atoms with Crippen molar-refractivity contribution in [1.82, 2.24) is 5.06 Å². The molecule has 0 radical (unpaired) electrons. The van der Waals surface area contributed by atoms with Gasteiger partial charge in [0.2, 0.25) is 10.4 Å². The zero-order chi connectivity index (χ0) is 10.9. The molecule has 14 heavy (non-hydrogen) atoms. The van der Waals surface area contributed by atoms with E-state index >= 15 is 0 Å². The van der Waals surface area contributed by atoms with E-state index in [0.717, 1.165) is 6.34 Å². The number of nitrogens with zero attached hydrogens (tertiary/aromatic N) is 2. The fourth-order valence-electron chi connectivity index (χ4n) is 0.725. The highest BCUT2D eigenvalue weighted by Gasteiger charge is 2.23. The largest absolute Gasteiger partial charge is 0.724 e. The molecule has 6 N–H and O–H groups in total. The summed E-state index contributed by atoms with van der Waals surface area (Å²) in [6.45, 7) is 0. The minimum atomic E-state index is -4.91. The van der Waals surface area contributed by atoms with Crippen molar-refractivity contribution in [1.29, 1.82) is 0 Å². The van der Waals surface area contributed by atoms with Crippen molar-refractivity contribution in [3.8, 4) is 0 Å². The summed E-state index contributed by atoms with van der Waals surface area (Å²) in [4.78, 5) is 3.45. The molecule has 1 rings (SSSR count). The third kappa shape index (κ3) is 2.32. The Morgan fingerprint density at radius 1 is 1.57 bits per heavy atom. The standard InChI is InChI=1S/C4H9N5O4S/c5-2-3(6)8-1-9(4(2)7)13-14(10,11)12/h1,4H,5-7H2,(H,10,11,12)/p-1. The minimum Gasteiger partial charge on any atom is -0.724 e. The van der Waals surface area contributed by atoms with E-state index in [-0.39, 0.29) is 11.5 Å². The third-order valence-corrected chi connectivity index (χ3v) is 1.73. The Kier molecular flexibility index (Phi) is 2.62. The summed E-state index contributed by atoms with van der Waals surface area (Å²) in [7, 11) is -4.91. The average Bonchev–Trinajstić information content (AvgIpc) is 2.04. The van der Waals surface area contributed by atoms with Gasteiger partial charge in [-0.05, 0) is 0 Å². The van der Waals surface area contributed by atoms with Crippen LogP contribution in [0.25, 0.3) is 0 Å². The second-order valence-corrected chi connectivity index (χ2v) is 3.34. The Labute approximate surface area is 79.7 Å². The lowest BCUT2D eigenvalue weighted by molar-refractivity contribution is -0.0101. The van der Waals surface area contributed by atoms with E-state index in [4.69, 9.17) is 17.2 Å². The monoisotopic (exact) mass is 222 g/mol. The Hall–Kier alpha value is -1.36. The van der Waals surface area contributed by atoms with E-state index in [1.165, 1.54) is 0 Å². The van der Waals surface area contributed by atoms with Gasteiger partial charge in [-0.15, -0.1) is 0 Å². The van der Waals surface area contributed by atoms with E-state index in [9.17, 15) is 13.0 Å². The van der Waals surface area contributed by atoms with Gasteiger partial charge in [0.25, 0.3) is 0 Å². The molecule has 0 amide bonds. The molecule has 1 aliphatic rings. The van der Waals surface area contributed by atoms with Crippen LogP contribution in [0.1, 0.15) is 0 Å². The van der Waals surface area contributed by atoms with Crippen molar-refractivity contribution in [3.05, 3.63) is 11.5 Å². The molecule has 1 atom stereocenters. The summed E-state index contributed by atoms with van der Waals surface area (Å²) in [5.74, 6) is -0.0550. The van der Waals surface area contributed by atoms with E-state index in [0.29, 0.717) is 5.06 Å². The SMILES string of the molecule is NC1=C(N)C(N)N(OS(=O)(=O)[O-])C=N1. The fraction of sp³-hybridized carbons (Fsp3) is 0.250. The first-order valence-electron chi connectivity index (χ1n) is 3.30. The third-order valence-electron chi connectivity index (χ3n) is 1.38. The minimum absolute atomic E-state index is 0.0550. The van der Waals surface area contributed by atoms with Crippen molar-refractivity contribution in [2.24, 2.45) is 22.2 Å². The lowest BCUT2D eigenvalue weighted by Crippen LogP contribution is -2.48. The Bertz CT molecular complexity index is 387. The zero-order valence-corrected chi connectivity index (χ0v) is 7.64. The molecule has 0 aromatic heterocycles. The molecule has 0 saturated heterocycles. The lowest BCUT2D eigenvalue weighted by Gasteiger charge is -2.28. The molecular formula is C4H8N5O4S-. The quantitative estimate of drug-likeness (QED) is 0.331. The Morgan fingerprint density at radius 2 is 2.14 bits per heavy atom. The van der Waals surface area contributed by atoms with E-state index < -0.39 is 16.6 Å². The van der Waals surface area contributed by atoms with Gasteiger partial charge in [-0.2, -0.15) is 4.28 Å². The van der Waals surface area contributed by atoms with Gasteiger partial charge < -0.3 is 21.8 Å². The fourth-order valence-corrected chi connectivity index (χ4v) is 1.07. The van der Waals surface area contributed by atoms with Gasteiger partial charge in [0.1, 0.15) is 18.3 Å². The highest BCUT2D eigenvalue weighted by atomic mass is 32.3. The maximum Gasteiger partial charge on any atom is 0.239 e. The van der Waals surface area contributed by atoms with Crippen molar-refractivity contribution < 1.29 is 17.3 Å². The maximum absolute atomic E-state index is 10.2. The second-order valence-electron chi connectivity index (χ2n) is 2.37. The van der Waals surface area contributed by atoms with Crippen LogP contribution in [0.2, 0.25) is 0 Å². The van der Waals surface area contributed by atoms with Crippen LogP contribution in [-0.4, -0.2) is 30.5 Å². The molecule has 10 heteroatoms. The van der Waals surface area contributed by atoms with Crippen LogP contribution in [0.3, 0.4) is 0 Å². The molecule has 0 saturated carbocycles. The van der Waals surface area contributed by atoms with Crippen LogP contribution in [0, 0.1) is 0 Å². The summed E-state index contributed by atoms with van der Waals surface area (Å²) in [5.41, 5.74) is 15.9. The Balaban J connectivity index is 2.84. The van der Waals surface area contributed by atoms with Gasteiger partial charge in [0.05, 0.1) is 5.70 Å². The molecule has 1 heterocycles. The molecule has 0 bridgehead atoms. The summed E-state index contributed by atoms with van der Waals surface area (Å²) >= 11 is 0. The van der Waals surface area contributed by atoms with Gasteiger partial charge in [0, 0.05) is 0 Å². The molecule has 9 nitrogen and oxygen atoms in total. The zero-order valence-electron chi connectivity index (χ0n) is 6.82. The summed E-state index contributed by atoms with van der Waals surface area (Å²) < 4.78 is 34.5. The van der Waals surface area contributed by atoms with Crippen LogP contribution in [0.5, 0.6) is 0 Å². The number of aliphatic imine (C=N–C) groups is 1. The molecular weight excluding hydrogens is 214 g/mol. The molecule has 0 fully saturated rings. The first-order chi connectivity index (χ1) is 6.31. The van der Waals surface area contributed by atoms with Crippen LogP contribution < -0.4 is 17.2 Å². The molecule has 1 unspecified atom stereocenters. The molecule has 0 aromatic carbocycles. The first-order valence-corrected chi connectivity index (χ1v) is 4.63. The molecule has 0 aliphatic carbocycles. The number of rotatable bonds is 2. The lowest BCUT2D eigenvalue weighted by atomic mass is 10.3. The summed E-state index contributed by atoms with van der Waals surface area (Å²) in [6.07, 6.45) is -0.303. The van der Waals surface area contributed by atoms with Crippen molar-refractivity contribution in [2.75, 3.05) is 0 Å². The number of hydrogen-bond acceptors (Lipinski definition) is 9. The predicted octanol–water partition coefficient (Wildman–Crippen LogP) is -2.91. The van der Waals surface area contributed by atoms with Crippen LogP contribution in [0.15, 0.2) is 16.5 Å². The molecule has 0 aromatic rings. The van der Waals surface area contributed by atoms with Crippen molar-refractivity contribution in [2.45, 2.75) is 6.17 Å². The highest BCUT2D eigenvalue weighted by Crippen LogP contribution is 2.09. The van der Waals surface area contributed by atoms with Crippen molar-refractivity contribution in [3.63, 3.8) is 0 Å². The normalized spacial score (nSPS) is 23.0. The van der Waals surface area contributed by atoms with Gasteiger partial charge in [-0.1, -0.05) is 0 Å². The van der Waals surface area contributed by atoms with E-state index in [1.807, 2.05) is 0 Å². The summed E-state index contributed by atoms with van der Waals surface area (Å²) in [5, 5.41) is 0.494. The average molecular weight is 222 g/mol. The second kappa shape index (κ2) is 3.42. The first kappa shape index (κ1) is 10.7. The molecule has 80 valence electrons. The van der Waals surface area contributed by atoms with Gasteiger partial charge in [-0.3, -0.25) is 0 Å². The smallest absolute Gasteiger partial charge is 0.239 e. The van der Waals surface area contributed by atoms with Gasteiger partial charge in [-0.25, -0.2) is 18.5 Å². The van der Waals surface area contributed by atoms with Gasteiger partial charge in [0.15, 0.2) is 0 Å². The van der Waals surface area contributed by atoms with Crippen LogP contribution >= 0.6 is 0 Å². The number of hydroxylamine groups is 2. The highest BCUT2D eigenvalue weighted by molar-refractivity contribution is 7.80. The Morgan fingerprint density at radius 3 is 2.64 bits per heavy atom. The number of hydrogen-bond donors (Lipinski definition) is 3. The van der Waals surface area contributed by atoms with Gasteiger partial charge >= 0.3 is 0 Å². The van der Waals surface area contributed by atoms with E-state index in [1.54, 1.807) is 0 Å². The predicted molar refractivity (Wildman–Crippen MR) is 44.5 cm³/mol. The van der Waals surface area contributed by atoms with Crippen LogP contribution in [0.4, 0.5) is 0 Å².